The summed E-state index contributed by atoms with van der Waals surface area (Å²) in [6.45, 7) is 2.54. The Hall–Kier alpha value is -3.59. The number of piperazine rings is 1. The molecular formula is C19H19N7O2. The van der Waals surface area contributed by atoms with Crippen LogP contribution in [0.15, 0.2) is 54.9 Å². The van der Waals surface area contributed by atoms with Crippen LogP contribution in [0, 0.1) is 0 Å². The van der Waals surface area contributed by atoms with E-state index in [1.165, 1.54) is 11.0 Å². The lowest BCUT2D eigenvalue weighted by molar-refractivity contribution is -0.124. The molecule has 0 aliphatic carbocycles. The van der Waals surface area contributed by atoms with Crippen molar-refractivity contribution in [2.45, 2.75) is 6.54 Å². The molecule has 4 rings (SSSR count). The number of nitrogens with zero attached hydrogens (tertiary/aromatic N) is 5. The summed E-state index contributed by atoms with van der Waals surface area (Å²) in [5.41, 5.74) is 3.07. The van der Waals surface area contributed by atoms with E-state index in [2.05, 4.69) is 31.1 Å². The number of hydrogen-bond donors (Lipinski definition) is 2. The molecule has 2 heterocycles. The first kappa shape index (κ1) is 17.8. The quantitative estimate of drug-likeness (QED) is 0.683. The minimum absolute atomic E-state index is 0.0424. The molecule has 1 saturated heterocycles. The van der Waals surface area contributed by atoms with Gasteiger partial charge in [0.05, 0.1) is 12.2 Å². The van der Waals surface area contributed by atoms with Crippen LogP contribution in [-0.2, 0) is 11.3 Å². The highest BCUT2D eigenvalue weighted by Gasteiger charge is 2.16. The number of carbonyl (C=O) groups is 2. The molecule has 1 fully saturated rings. The van der Waals surface area contributed by atoms with E-state index in [1.807, 2.05) is 24.3 Å². The van der Waals surface area contributed by atoms with Crippen LogP contribution < -0.4 is 10.6 Å². The first-order chi connectivity index (χ1) is 13.7. The maximum atomic E-state index is 12.5. The number of hydrogen-bond acceptors (Lipinski definition) is 6. The van der Waals surface area contributed by atoms with Gasteiger partial charge in [-0.1, -0.05) is 12.1 Å². The van der Waals surface area contributed by atoms with Crippen molar-refractivity contribution in [2.24, 2.45) is 0 Å². The average Bonchev–Trinajstić information content (AvgIpc) is 3.23. The SMILES string of the molecule is O=C1CN(Cc2cccc(NC(=O)c3ccc(-n4cnnn4)cc3)c2)CCN1. The smallest absolute Gasteiger partial charge is 0.255 e. The summed E-state index contributed by atoms with van der Waals surface area (Å²) < 4.78 is 1.52. The normalized spacial score (nSPS) is 14.5. The topological polar surface area (TPSA) is 105 Å². The standard InChI is InChI=1S/C19H19N7O2/c27-18-12-25(9-8-20-18)11-14-2-1-3-16(10-14)22-19(28)15-4-6-17(7-5-15)26-13-21-23-24-26/h1-7,10,13H,8-9,11-12H2,(H,20,27)(H,22,28). The number of tetrazole rings is 1. The van der Waals surface area contributed by atoms with Gasteiger partial charge in [-0.2, -0.15) is 0 Å². The molecule has 2 aromatic carbocycles. The van der Waals surface area contributed by atoms with Gasteiger partial charge in [0, 0.05) is 30.9 Å². The predicted molar refractivity (Wildman–Crippen MR) is 102 cm³/mol. The van der Waals surface area contributed by atoms with Crippen LogP contribution in [0.4, 0.5) is 5.69 Å². The molecule has 9 nitrogen and oxygen atoms in total. The van der Waals surface area contributed by atoms with Crippen LogP contribution in [0.25, 0.3) is 5.69 Å². The van der Waals surface area contributed by atoms with Gasteiger partial charge in [0.2, 0.25) is 5.91 Å². The fourth-order valence-electron chi connectivity index (χ4n) is 3.08. The zero-order valence-corrected chi connectivity index (χ0v) is 15.1. The van der Waals surface area contributed by atoms with E-state index in [1.54, 1.807) is 24.3 Å². The molecule has 0 radical (unpaired) electrons. The van der Waals surface area contributed by atoms with Crippen LogP contribution in [0.5, 0.6) is 0 Å². The van der Waals surface area contributed by atoms with Gasteiger partial charge in [-0.05, 0) is 52.4 Å². The van der Waals surface area contributed by atoms with Crippen molar-refractivity contribution < 1.29 is 9.59 Å². The Morgan fingerprint density at radius 1 is 1.18 bits per heavy atom. The van der Waals surface area contributed by atoms with E-state index in [4.69, 9.17) is 0 Å². The lowest BCUT2D eigenvalue weighted by Gasteiger charge is -2.26. The highest BCUT2D eigenvalue weighted by Crippen LogP contribution is 2.15. The van der Waals surface area contributed by atoms with Gasteiger partial charge in [-0.3, -0.25) is 14.5 Å². The van der Waals surface area contributed by atoms with Gasteiger partial charge in [0.15, 0.2) is 0 Å². The molecule has 0 bridgehead atoms. The number of anilines is 1. The van der Waals surface area contributed by atoms with Crippen LogP contribution in [0.2, 0.25) is 0 Å². The Morgan fingerprint density at radius 3 is 2.79 bits per heavy atom. The minimum Gasteiger partial charge on any atom is -0.354 e. The summed E-state index contributed by atoms with van der Waals surface area (Å²) >= 11 is 0. The van der Waals surface area contributed by atoms with Crippen LogP contribution in [0.1, 0.15) is 15.9 Å². The first-order valence-electron chi connectivity index (χ1n) is 8.90. The summed E-state index contributed by atoms with van der Waals surface area (Å²) in [6, 6.07) is 14.7. The highest BCUT2D eigenvalue weighted by molar-refractivity contribution is 6.04. The van der Waals surface area contributed by atoms with E-state index >= 15 is 0 Å². The monoisotopic (exact) mass is 377 g/mol. The Kier molecular flexibility index (Phi) is 5.07. The number of amides is 2. The molecule has 0 saturated carbocycles. The first-order valence-corrected chi connectivity index (χ1v) is 8.90. The summed E-state index contributed by atoms with van der Waals surface area (Å²) in [5.74, 6) is -0.154. The summed E-state index contributed by atoms with van der Waals surface area (Å²) in [4.78, 5) is 26.1. The van der Waals surface area contributed by atoms with Gasteiger partial charge in [-0.15, -0.1) is 5.10 Å². The molecular weight excluding hydrogens is 358 g/mol. The lowest BCUT2D eigenvalue weighted by Crippen LogP contribution is -2.47. The highest BCUT2D eigenvalue weighted by atomic mass is 16.2. The summed E-state index contributed by atoms with van der Waals surface area (Å²) in [6.07, 6.45) is 1.49. The van der Waals surface area contributed by atoms with Gasteiger partial charge in [0.1, 0.15) is 6.33 Å². The number of carbonyl (C=O) groups excluding carboxylic acids is 2. The van der Waals surface area contributed by atoms with Gasteiger partial charge in [-0.25, -0.2) is 4.68 Å². The van der Waals surface area contributed by atoms with E-state index in [-0.39, 0.29) is 11.8 Å². The fraction of sp³-hybridized carbons (Fsp3) is 0.211. The third-order valence-corrected chi connectivity index (χ3v) is 4.45. The van der Waals surface area contributed by atoms with Crippen molar-refractivity contribution in [1.29, 1.82) is 0 Å². The molecule has 1 aliphatic heterocycles. The van der Waals surface area contributed by atoms with E-state index < -0.39 is 0 Å². The molecule has 3 aromatic rings. The van der Waals surface area contributed by atoms with Crippen molar-refractivity contribution in [1.82, 2.24) is 30.4 Å². The third-order valence-electron chi connectivity index (χ3n) is 4.45. The molecule has 9 heteroatoms. The predicted octanol–water partition coefficient (Wildman–Crippen LogP) is 0.846. The van der Waals surface area contributed by atoms with E-state index in [0.717, 1.165) is 17.8 Å². The second-order valence-electron chi connectivity index (χ2n) is 6.52. The van der Waals surface area contributed by atoms with E-state index in [9.17, 15) is 9.59 Å². The van der Waals surface area contributed by atoms with Crippen molar-refractivity contribution in [2.75, 3.05) is 25.0 Å². The second-order valence-corrected chi connectivity index (χ2v) is 6.52. The molecule has 0 unspecified atom stereocenters. The number of aromatic nitrogens is 4. The zero-order chi connectivity index (χ0) is 19.3. The fourth-order valence-corrected chi connectivity index (χ4v) is 3.08. The van der Waals surface area contributed by atoms with Crippen molar-refractivity contribution in [3.63, 3.8) is 0 Å². The molecule has 0 atom stereocenters. The van der Waals surface area contributed by atoms with Crippen molar-refractivity contribution in [3.05, 3.63) is 66.0 Å². The van der Waals surface area contributed by atoms with Crippen LogP contribution >= 0.6 is 0 Å². The summed E-state index contributed by atoms with van der Waals surface area (Å²) in [5, 5.41) is 16.7. The maximum absolute atomic E-state index is 12.5. The Balaban J connectivity index is 1.41. The molecule has 0 spiro atoms. The largest absolute Gasteiger partial charge is 0.354 e. The Labute approximate surface area is 161 Å². The van der Waals surface area contributed by atoms with E-state index in [0.29, 0.717) is 30.9 Å². The van der Waals surface area contributed by atoms with Gasteiger partial charge < -0.3 is 10.6 Å². The molecule has 142 valence electrons. The third kappa shape index (κ3) is 4.21. The zero-order valence-electron chi connectivity index (χ0n) is 15.1. The van der Waals surface area contributed by atoms with Crippen LogP contribution in [-0.4, -0.2) is 56.6 Å². The molecule has 1 aliphatic rings. The number of rotatable bonds is 5. The number of nitrogens with one attached hydrogen (secondary N) is 2. The molecule has 2 N–H and O–H groups in total. The average molecular weight is 377 g/mol. The number of benzene rings is 2. The molecule has 2 amide bonds. The van der Waals surface area contributed by atoms with Gasteiger partial charge >= 0.3 is 0 Å². The molecule has 28 heavy (non-hydrogen) atoms. The van der Waals surface area contributed by atoms with Crippen LogP contribution in [0.3, 0.4) is 0 Å². The van der Waals surface area contributed by atoms with Gasteiger partial charge in [0.25, 0.3) is 5.91 Å². The Morgan fingerprint density at radius 2 is 2.04 bits per heavy atom. The summed E-state index contributed by atoms with van der Waals surface area (Å²) in [7, 11) is 0. The maximum Gasteiger partial charge on any atom is 0.255 e. The van der Waals surface area contributed by atoms with Crippen molar-refractivity contribution >= 4 is 17.5 Å². The van der Waals surface area contributed by atoms with Crippen molar-refractivity contribution in [3.8, 4) is 5.69 Å². The minimum atomic E-state index is -0.197. The lowest BCUT2D eigenvalue weighted by atomic mass is 10.1. The second kappa shape index (κ2) is 7.97. The molecule has 1 aromatic heterocycles. The Bertz CT molecular complexity index is 970.